The third-order valence-corrected chi connectivity index (χ3v) is 4.87. The van der Waals surface area contributed by atoms with Crippen molar-refractivity contribution < 1.29 is 9.53 Å². The third-order valence-electron chi connectivity index (χ3n) is 3.93. The second kappa shape index (κ2) is 8.53. The van der Waals surface area contributed by atoms with E-state index in [0.717, 1.165) is 11.0 Å². The van der Waals surface area contributed by atoms with Crippen LogP contribution in [0.15, 0.2) is 5.16 Å². The second-order valence-electron chi connectivity index (χ2n) is 5.90. The maximum absolute atomic E-state index is 12.0. The van der Waals surface area contributed by atoms with Crippen molar-refractivity contribution in [3.05, 3.63) is 5.82 Å². The van der Waals surface area contributed by atoms with Gasteiger partial charge in [0.15, 0.2) is 5.16 Å². The first-order valence-corrected chi connectivity index (χ1v) is 8.93. The Bertz CT molecular complexity index is 486. The first-order chi connectivity index (χ1) is 10.6. The highest BCUT2D eigenvalue weighted by molar-refractivity contribution is 7.99. The van der Waals surface area contributed by atoms with E-state index in [-0.39, 0.29) is 11.9 Å². The molecule has 0 aliphatic heterocycles. The molecule has 1 aliphatic carbocycles. The molecule has 0 bridgehead atoms. The summed E-state index contributed by atoms with van der Waals surface area (Å²) in [5.41, 5.74) is 0. The molecule has 0 saturated heterocycles. The smallest absolute Gasteiger partial charge is 0.230 e. The Balaban J connectivity index is 1.91. The molecule has 1 aromatic heterocycles. The number of aromatic nitrogens is 3. The number of nitrogens with one attached hydrogen (secondary N) is 1. The highest BCUT2D eigenvalue weighted by Crippen LogP contribution is 2.32. The molecule has 1 atom stereocenters. The summed E-state index contributed by atoms with van der Waals surface area (Å²) in [5, 5.41) is 12.2. The summed E-state index contributed by atoms with van der Waals surface area (Å²) in [6.45, 7) is 4.45. The molecule has 1 heterocycles. The topological polar surface area (TPSA) is 69.0 Å². The van der Waals surface area contributed by atoms with Crippen molar-refractivity contribution in [2.45, 2.75) is 63.2 Å². The van der Waals surface area contributed by atoms with Crippen molar-refractivity contribution in [2.75, 3.05) is 19.5 Å². The fourth-order valence-electron chi connectivity index (χ4n) is 2.95. The van der Waals surface area contributed by atoms with Crippen LogP contribution in [-0.4, -0.2) is 46.2 Å². The van der Waals surface area contributed by atoms with Gasteiger partial charge in [0.25, 0.3) is 0 Å². The Morgan fingerprint density at radius 2 is 2.14 bits per heavy atom. The number of rotatable bonds is 7. The van der Waals surface area contributed by atoms with E-state index >= 15 is 0 Å². The summed E-state index contributed by atoms with van der Waals surface area (Å²) in [5.74, 6) is 1.31. The zero-order chi connectivity index (χ0) is 15.9. The summed E-state index contributed by atoms with van der Waals surface area (Å²) in [7, 11) is 1.63. The highest BCUT2D eigenvalue weighted by Gasteiger charge is 2.21. The van der Waals surface area contributed by atoms with E-state index in [2.05, 4.69) is 20.1 Å². The van der Waals surface area contributed by atoms with Crippen LogP contribution >= 0.6 is 11.8 Å². The second-order valence-corrected chi connectivity index (χ2v) is 6.85. The number of aryl methyl sites for hydroxylation is 1. The molecule has 1 unspecified atom stereocenters. The number of carbonyl (C=O) groups excluding carboxylic acids is 1. The van der Waals surface area contributed by atoms with Crippen molar-refractivity contribution in [3.8, 4) is 0 Å². The predicted octanol–water partition coefficient (Wildman–Crippen LogP) is 2.33. The van der Waals surface area contributed by atoms with Crippen LogP contribution in [0.25, 0.3) is 0 Å². The van der Waals surface area contributed by atoms with Gasteiger partial charge in [0, 0.05) is 19.2 Å². The van der Waals surface area contributed by atoms with Crippen LogP contribution in [0.1, 0.15) is 50.9 Å². The molecule has 0 spiro atoms. The quantitative estimate of drug-likeness (QED) is 0.779. The number of ether oxygens (including phenoxy) is 1. The summed E-state index contributed by atoms with van der Waals surface area (Å²) < 4.78 is 7.24. The maximum Gasteiger partial charge on any atom is 0.230 e. The van der Waals surface area contributed by atoms with E-state index < -0.39 is 0 Å². The summed E-state index contributed by atoms with van der Waals surface area (Å²) in [4.78, 5) is 12.0. The Hall–Kier alpha value is -1.08. The minimum absolute atomic E-state index is 0.00500. The van der Waals surface area contributed by atoms with Gasteiger partial charge in [-0.2, -0.15) is 0 Å². The fourth-order valence-corrected chi connectivity index (χ4v) is 3.81. The van der Waals surface area contributed by atoms with Gasteiger partial charge in [-0.15, -0.1) is 10.2 Å². The summed E-state index contributed by atoms with van der Waals surface area (Å²) in [6.07, 6.45) is 6.22. The van der Waals surface area contributed by atoms with E-state index in [1.807, 2.05) is 13.8 Å². The Morgan fingerprint density at radius 3 is 2.82 bits per heavy atom. The molecular formula is C15H26N4O2S. The van der Waals surface area contributed by atoms with Crippen molar-refractivity contribution in [3.63, 3.8) is 0 Å². The van der Waals surface area contributed by atoms with Gasteiger partial charge >= 0.3 is 0 Å². The van der Waals surface area contributed by atoms with Crippen LogP contribution in [0.2, 0.25) is 0 Å². The maximum atomic E-state index is 12.0. The van der Waals surface area contributed by atoms with Gasteiger partial charge in [0.1, 0.15) is 5.82 Å². The van der Waals surface area contributed by atoms with Crippen LogP contribution in [0.3, 0.4) is 0 Å². The van der Waals surface area contributed by atoms with Gasteiger partial charge in [-0.3, -0.25) is 4.79 Å². The number of amides is 1. The Kier molecular flexibility index (Phi) is 6.70. The minimum atomic E-state index is 0.00500. The molecule has 0 aromatic carbocycles. The van der Waals surface area contributed by atoms with Crippen molar-refractivity contribution in [1.29, 1.82) is 0 Å². The van der Waals surface area contributed by atoms with Gasteiger partial charge in [-0.25, -0.2) is 0 Å². The van der Waals surface area contributed by atoms with Crippen LogP contribution < -0.4 is 5.32 Å². The van der Waals surface area contributed by atoms with E-state index in [1.165, 1.54) is 43.9 Å². The lowest BCUT2D eigenvalue weighted by molar-refractivity contribution is -0.119. The number of carbonyl (C=O) groups is 1. The molecular weight excluding hydrogens is 300 g/mol. The zero-order valence-corrected chi connectivity index (χ0v) is 14.5. The molecule has 1 amide bonds. The Morgan fingerprint density at radius 1 is 1.41 bits per heavy atom. The largest absolute Gasteiger partial charge is 0.383 e. The lowest BCUT2D eigenvalue weighted by atomic mass is 9.95. The van der Waals surface area contributed by atoms with Crippen LogP contribution in [0, 0.1) is 6.92 Å². The van der Waals surface area contributed by atoms with Crippen molar-refractivity contribution >= 4 is 17.7 Å². The molecule has 6 nitrogen and oxygen atoms in total. The van der Waals surface area contributed by atoms with Gasteiger partial charge < -0.3 is 14.6 Å². The van der Waals surface area contributed by atoms with Gasteiger partial charge in [0.2, 0.25) is 5.91 Å². The number of hydrogen-bond acceptors (Lipinski definition) is 5. The number of thioether (sulfide) groups is 1. The molecule has 1 saturated carbocycles. The van der Waals surface area contributed by atoms with E-state index in [1.54, 1.807) is 7.11 Å². The van der Waals surface area contributed by atoms with Gasteiger partial charge in [-0.05, 0) is 26.7 Å². The molecule has 2 rings (SSSR count). The summed E-state index contributed by atoms with van der Waals surface area (Å²) >= 11 is 1.47. The molecule has 0 radical (unpaired) electrons. The number of hydrogen-bond donors (Lipinski definition) is 1. The molecule has 22 heavy (non-hydrogen) atoms. The van der Waals surface area contributed by atoms with Crippen LogP contribution in [-0.2, 0) is 9.53 Å². The Labute approximate surface area is 136 Å². The molecule has 7 heteroatoms. The average Bonchev–Trinajstić information content (AvgIpc) is 2.87. The standard InChI is InChI=1S/C15H26N4O2S/c1-11(9-21-3)16-14(20)10-22-15-18-17-12(2)19(15)13-7-5-4-6-8-13/h11,13H,4-10H2,1-3H3,(H,16,20). The fraction of sp³-hybridized carbons (Fsp3) is 0.800. The first-order valence-electron chi connectivity index (χ1n) is 7.94. The van der Waals surface area contributed by atoms with Crippen LogP contribution in [0.4, 0.5) is 0 Å². The van der Waals surface area contributed by atoms with E-state index in [4.69, 9.17) is 4.74 Å². The SMILES string of the molecule is COCC(C)NC(=O)CSc1nnc(C)n1C1CCCCC1. The minimum Gasteiger partial charge on any atom is -0.383 e. The molecule has 1 aliphatic rings. The third kappa shape index (κ3) is 4.71. The molecule has 1 aromatic rings. The molecule has 1 N–H and O–H groups in total. The van der Waals surface area contributed by atoms with Crippen molar-refractivity contribution in [2.24, 2.45) is 0 Å². The van der Waals surface area contributed by atoms with E-state index in [0.29, 0.717) is 18.4 Å². The number of methoxy groups -OCH3 is 1. The van der Waals surface area contributed by atoms with Gasteiger partial charge in [-0.1, -0.05) is 31.0 Å². The lowest BCUT2D eigenvalue weighted by Gasteiger charge is -2.25. The van der Waals surface area contributed by atoms with Crippen LogP contribution in [0.5, 0.6) is 0 Å². The normalized spacial score (nSPS) is 17.4. The monoisotopic (exact) mass is 326 g/mol. The summed E-state index contributed by atoms with van der Waals surface area (Å²) in [6, 6.07) is 0.512. The average molecular weight is 326 g/mol. The lowest BCUT2D eigenvalue weighted by Crippen LogP contribution is -2.36. The zero-order valence-electron chi connectivity index (χ0n) is 13.7. The predicted molar refractivity (Wildman–Crippen MR) is 87.1 cm³/mol. The first kappa shape index (κ1) is 17.3. The molecule has 1 fully saturated rings. The van der Waals surface area contributed by atoms with E-state index in [9.17, 15) is 4.79 Å². The highest BCUT2D eigenvalue weighted by atomic mass is 32.2. The molecule has 124 valence electrons. The van der Waals surface area contributed by atoms with Gasteiger partial charge in [0.05, 0.1) is 12.4 Å². The van der Waals surface area contributed by atoms with Crippen molar-refractivity contribution in [1.82, 2.24) is 20.1 Å². The number of nitrogens with zero attached hydrogens (tertiary/aromatic N) is 3.